The maximum absolute atomic E-state index is 12.7. The molecule has 0 saturated heterocycles. The van der Waals surface area contributed by atoms with Gasteiger partial charge >= 0.3 is 6.09 Å². The van der Waals surface area contributed by atoms with Crippen molar-refractivity contribution in [2.45, 2.75) is 51.2 Å². The Morgan fingerprint density at radius 3 is 2.43 bits per heavy atom. The molecule has 2 aromatic carbocycles. The van der Waals surface area contributed by atoms with Gasteiger partial charge in [0.05, 0.1) is 16.1 Å². The predicted octanol–water partition coefficient (Wildman–Crippen LogP) is 7.43. The van der Waals surface area contributed by atoms with Gasteiger partial charge in [-0.25, -0.2) is 4.79 Å². The van der Waals surface area contributed by atoms with Crippen molar-refractivity contribution in [2.75, 3.05) is 7.05 Å². The van der Waals surface area contributed by atoms with E-state index in [1.54, 1.807) is 4.90 Å². The second-order valence-corrected chi connectivity index (χ2v) is 10.2. The molecule has 28 heavy (non-hydrogen) atoms. The fraction of sp³-hybridized carbons (Fsp3) is 0.409. The van der Waals surface area contributed by atoms with Crippen LogP contribution in [0.5, 0.6) is 0 Å². The Morgan fingerprint density at radius 1 is 1.07 bits per heavy atom. The molecule has 0 spiro atoms. The molecule has 0 bridgehead atoms. The van der Waals surface area contributed by atoms with E-state index in [0.717, 1.165) is 22.0 Å². The van der Waals surface area contributed by atoms with Crippen molar-refractivity contribution in [3.63, 3.8) is 0 Å². The van der Waals surface area contributed by atoms with Gasteiger partial charge in [0, 0.05) is 16.5 Å². The van der Waals surface area contributed by atoms with Crippen LogP contribution in [-0.4, -0.2) is 23.6 Å². The molecule has 3 nitrogen and oxygen atoms in total. The third kappa shape index (κ3) is 4.77. The van der Waals surface area contributed by atoms with Crippen LogP contribution >= 0.6 is 45.8 Å². The highest BCUT2D eigenvalue weighted by Gasteiger charge is 2.34. The van der Waals surface area contributed by atoms with Gasteiger partial charge in [-0.3, -0.25) is 0 Å². The largest absolute Gasteiger partial charge is 0.444 e. The molecule has 2 aromatic rings. The summed E-state index contributed by atoms with van der Waals surface area (Å²) in [7, 11) is 1.82. The molecule has 0 aliphatic heterocycles. The topological polar surface area (TPSA) is 29.5 Å². The molecular weight excluding hydrogens is 508 g/mol. The Kier molecular flexibility index (Phi) is 6.52. The summed E-state index contributed by atoms with van der Waals surface area (Å²) < 4.78 is 6.74. The molecule has 6 heteroatoms. The summed E-state index contributed by atoms with van der Waals surface area (Å²) in [6.45, 7) is 5.66. The first-order valence-electron chi connectivity index (χ1n) is 9.27. The van der Waals surface area contributed by atoms with Crippen molar-refractivity contribution in [3.05, 3.63) is 66.7 Å². The van der Waals surface area contributed by atoms with Crippen molar-refractivity contribution in [3.8, 4) is 0 Å². The monoisotopic (exact) mass is 531 g/mol. The maximum atomic E-state index is 12.7. The van der Waals surface area contributed by atoms with Gasteiger partial charge in [0.1, 0.15) is 5.60 Å². The van der Waals surface area contributed by atoms with E-state index in [-0.39, 0.29) is 18.1 Å². The number of carbonyl (C=O) groups is 1. The Balaban J connectivity index is 1.97. The summed E-state index contributed by atoms with van der Waals surface area (Å²) in [5, 5.41) is 1.13. The van der Waals surface area contributed by atoms with Gasteiger partial charge in [0.15, 0.2) is 0 Å². The predicted molar refractivity (Wildman–Crippen MR) is 123 cm³/mol. The number of ether oxygens (including phenoxy) is 1. The van der Waals surface area contributed by atoms with E-state index in [4.69, 9.17) is 27.9 Å². The summed E-state index contributed by atoms with van der Waals surface area (Å²) in [6, 6.07) is 12.3. The van der Waals surface area contributed by atoms with Crippen LogP contribution < -0.4 is 0 Å². The number of carbonyl (C=O) groups excluding carboxylic acids is 1. The summed E-state index contributed by atoms with van der Waals surface area (Å²) in [6.07, 6.45) is 1.48. The van der Waals surface area contributed by atoms with Crippen LogP contribution in [0.15, 0.2) is 36.4 Å². The van der Waals surface area contributed by atoms with E-state index in [0.29, 0.717) is 10.0 Å². The number of hydrogen-bond acceptors (Lipinski definition) is 2. The first-order valence-corrected chi connectivity index (χ1v) is 11.1. The van der Waals surface area contributed by atoms with Crippen molar-refractivity contribution < 1.29 is 9.53 Å². The van der Waals surface area contributed by atoms with E-state index in [9.17, 15) is 4.79 Å². The summed E-state index contributed by atoms with van der Waals surface area (Å²) in [4.78, 5) is 14.4. The Morgan fingerprint density at radius 2 is 1.79 bits per heavy atom. The lowest BCUT2D eigenvalue weighted by Crippen LogP contribution is -2.38. The van der Waals surface area contributed by atoms with Gasteiger partial charge in [-0.05, 0) is 97.2 Å². The second kappa shape index (κ2) is 8.41. The number of hydrogen-bond donors (Lipinski definition) is 0. The molecule has 1 aliphatic rings. The molecule has 0 saturated carbocycles. The van der Waals surface area contributed by atoms with Crippen molar-refractivity contribution >= 4 is 51.9 Å². The second-order valence-electron chi connectivity index (χ2n) is 8.18. The fourth-order valence-corrected chi connectivity index (χ4v) is 4.55. The van der Waals surface area contributed by atoms with Gasteiger partial charge in [0.25, 0.3) is 0 Å². The molecule has 0 aromatic heterocycles. The highest BCUT2D eigenvalue weighted by atomic mass is 127. The zero-order valence-corrected chi connectivity index (χ0v) is 20.1. The van der Waals surface area contributed by atoms with Crippen molar-refractivity contribution in [1.29, 1.82) is 0 Å². The van der Waals surface area contributed by atoms with E-state index < -0.39 is 5.60 Å². The van der Waals surface area contributed by atoms with Crippen LogP contribution in [-0.2, 0) is 4.74 Å². The highest BCUT2D eigenvalue weighted by Crippen LogP contribution is 2.45. The van der Waals surface area contributed by atoms with E-state index >= 15 is 0 Å². The first kappa shape index (κ1) is 21.7. The highest BCUT2D eigenvalue weighted by molar-refractivity contribution is 14.1. The van der Waals surface area contributed by atoms with Crippen LogP contribution in [0.1, 0.15) is 62.3 Å². The van der Waals surface area contributed by atoms with Gasteiger partial charge < -0.3 is 9.64 Å². The normalized spacial score (nSPS) is 19.1. The average Bonchev–Trinajstić information content (AvgIpc) is 2.61. The molecule has 1 amide bonds. The molecule has 2 atom stereocenters. The Labute approximate surface area is 190 Å². The number of fused-ring (bicyclic) bond motifs is 1. The molecular formula is C22H24Cl2INO2. The van der Waals surface area contributed by atoms with Gasteiger partial charge in [0.2, 0.25) is 0 Å². The summed E-state index contributed by atoms with van der Waals surface area (Å²) in [5.41, 5.74) is 3.03. The molecule has 0 N–H and O–H groups in total. The zero-order chi connectivity index (χ0) is 20.6. The third-order valence-corrected chi connectivity index (χ3v) is 6.42. The molecule has 0 radical (unpaired) electrons. The standard InChI is InChI=1S/C22H24Cl2INO2/c1-22(2,3)28-21(27)26(4)20-10-8-15(13-5-9-18(23)19(24)11-13)16-7-6-14(25)12-17(16)20/h5-7,9,11-12,15,20H,8,10H2,1-4H3/t15-,20-/m0/s1. The lowest BCUT2D eigenvalue weighted by Gasteiger charge is -2.37. The number of rotatable bonds is 2. The fourth-order valence-electron chi connectivity index (χ4n) is 3.73. The molecule has 1 aliphatic carbocycles. The molecule has 3 rings (SSSR count). The minimum Gasteiger partial charge on any atom is -0.444 e. The quantitative estimate of drug-likeness (QED) is 0.377. The smallest absolute Gasteiger partial charge is 0.410 e. The lowest BCUT2D eigenvalue weighted by molar-refractivity contribution is 0.0202. The number of amides is 1. The molecule has 0 heterocycles. The number of nitrogens with zero attached hydrogens (tertiary/aromatic N) is 1. The van der Waals surface area contributed by atoms with Gasteiger partial charge in [-0.2, -0.15) is 0 Å². The van der Waals surface area contributed by atoms with Crippen molar-refractivity contribution in [2.24, 2.45) is 0 Å². The SMILES string of the molecule is CN(C(=O)OC(C)(C)C)[C@H]1CC[C@@H](c2ccc(Cl)c(Cl)c2)c2ccc(I)cc21. The maximum Gasteiger partial charge on any atom is 0.410 e. The van der Waals surface area contributed by atoms with E-state index in [1.165, 1.54) is 11.1 Å². The summed E-state index contributed by atoms with van der Waals surface area (Å²) in [5.74, 6) is 0.227. The van der Waals surface area contributed by atoms with Gasteiger partial charge in [-0.15, -0.1) is 0 Å². The van der Waals surface area contributed by atoms with Gasteiger partial charge in [-0.1, -0.05) is 35.3 Å². The average molecular weight is 532 g/mol. The number of halogens is 3. The minimum atomic E-state index is -0.517. The number of benzene rings is 2. The van der Waals surface area contributed by atoms with E-state index in [2.05, 4.69) is 40.8 Å². The van der Waals surface area contributed by atoms with E-state index in [1.807, 2.05) is 46.0 Å². The third-order valence-electron chi connectivity index (χ3n) is 5.01. The molecule has 0 fully saturated rings. The Bertz CT molecular complexity index is 895. The van der Waals surface area contributed by atoms with Crippen LogP contribution in [0.2, 0.25) is 10.0 Å². The lowest BCUT2D eigenvalue weighted by atomic mass is 9.76. The van der Waals surface area contributed by atoms with Crippen LogP contribution in [0.25, 0.3) is 0 Å². The van der Waals surface area contributed by atoms with Crippen LogP contribution in [0, 0.1) is 3.57 Å². The molecule has 150 valence electrons. The van der Waals surface area contributed by atoms with Crippen molar-refractivity contribution in [1.82, 2.24) is 4.90 Å². The minimum absolute atomic E-state index is 0.0152. The summed E-state index contributed by atoms with van der Waals surface area (Å²) >= 11 is 14.7. The Hall–Kier alpha value is -0.980. The first-order chi connectivity index (χ1) is 13.1. The van der Waals surface area contributed by atoms with Crippen LogP contribution in [0.4, 0.5) is 4.79 Å². The molecule has 0 unspecified atom stereocenters. The van der Waals surface area contributed by atoms with Crippen LogP contribution in [0.3, 0.4) is 0 Å². The zero-order valence-electron chi connectivity index (χ0n) is 16.4.